The SMILES string of the molecule is CCC(=O)NC1CCCN(C2CCCCC2O)C1. The maximum Gasteiger partial charge on any atom is 0.219 e. The lowest BCUT2D eigenvalue weighted by molar-refractivity contribution is -0.122. The van der Waals surface area contributed by atoms with Gasteiger partial charge < -0.3 is 10.4 Å². The average molecular weight is 254 g/mol. The molecule has 1 saturated carbocycles. The Morgan fingerprint density at radius 3 is 2.78 bits per heavy atom. The molecule has 0 spiro atoms. The third-order valence-electron chi connectivity index (χ3n) is 4.30. The van der Waals surface area contributed by atoms with Crippen molar-refractivity contribution in [2.45, 2.75) is 70.1 Å². The van der Waals surface area contributed by atoms with E-state index >= 15 is 0 Å². The Balaban J connectivity index is 1.87. The summed E-state index contributed by atoms with van der Waals surface area (Å²) in [5.41, 5.74) is 0. The molecule has 18 heavy (non-hydrogen) atoms. The van der Waals surface area contributed by atoms with Gasteiger partial charge in [-0.05, 0) is 32.2 Å². The van der Waals surface area contributed by atoms with Crippen LogP contribution >= 0.6 is 0 Å². The van der Waals surface area contributed by atoms with Gasteiger partial charge in [-0.2, -0.15) is 0 Å². The minimum absolute atomic E-state index is 0.144. The molecule has 1 aliphatic heterocycles. The average Bonchev–Trinajstić information content (AvgIpc) is 2.39. The zero-order chi connectivity index (χ0) is 13.0. The fraction of sp³-hybridized carbons (Fsp3) is 0.929. The quantitative estimate of drug-likeness (QED) is 0.798. The maximum atomic E-state index is 11.4. The van der Waals surface area contributed by atoms with Gasteiger partial charge in [0.05, 0.1) is 6.10 Å². The number of amides is 1. The molecule has 0 aromatic carbocycles. The Labute approximate surface area is 110 Å². The van der Waals surface area contributed by atoms with E-state index < -0.39 is 0 Å². The number of aliphatic hydroxyl groups is 1. The third-order valence-corrected chi connectivity index (χ3v) is 4.30. The fourth-order valence-electron chi connectivity index (χ4n) is 3.27. The molecule has 0 radical (unpaired) electrons. The van der Waals surface area contributed by atoms with Gasteiger partial charge >= 0.3 is 0 Å². The number of rotatable bonds is 3. The van der Waals surface area contributed by atoms with Crippen LogP contribution in [0.1, 0.15) is 51.9 Å². The molecule has 104 valence electrons. The van der Waals surface area contributed by atoms with Crippen molar-refractivity contribution in [2.24, 2.45) is 0 Å². The first-order valence-corrected chi connectivity index (χ1v) is 7.42. The summed E-state index contributed by atoms with van der Waals surface area (Å²) >= 11 is 0. The van der Waals surface area contributed by atoms with Crippen molar-refractivity contribution in [1.82, 2.24) is 10.2 Å². The van der Waals surface area contributed by atoms with Crippen LogP contribution in [0.25, 0.3) is 0 Å². The van der Waals surface area contributed by atoms with Crippen molar-refractivity contribution in [3.8, 4) is 0 Å². The number of carbonyl (C=O) groups excluding carboxylic acids is 1. The summed E-state index contributed by atoms with van der Waals surface area (Å²) in [6.07, 6.45) is 7.01. The molecule has 3 atom stereocenters. The highest BCUT2D eigenvalue weighted by atomic mass is 16.3. The van der Waals surface area contributed by atoms with Gasteiger partial charge in [0, 0.05) is 25.0 Å². The first-order valence-electron chi connectivity index (χ1n) is 7.42. The molecule has 2 rings (SSSR count). The van der Waals surface area contributed by atoms with Gasteiger partial charge in [-0.15, -0.1) is 0 Å². The summed E-state index contributed by atoms with van der Waals surface area (Å²) in [5, 5.41) is 13.2. The van der Waals surface area contributed by atoms with Gasteiger partial charge in [-0.3, -0.25) is 9.69 Å². The predicted octanol–water partition coefficient (Wildman–Crippen LogP) is 1.28. The second-order valence-corrected chi connectivity index (χ2v) is 5.67. The molecule has 2 aliphatic rings. The minimum atomic E-state index is -0.167. The lowest BCUT2D eigenvalue weighted by Crippen LogP contribution is -2.54. The highest BCUT2D eigenvalue weighted by Gasteiger charge is 2.32. The van der Waals surface area contributed by atoms with Gasteiger partial charge in [-0.1, -0.05) is 19.8 Å². The Bertz CT molecular complexity index is 283. The van der Waals surface area contributed by atoms with Gasteiger partial charge in [-0.25, -0.2) is 0 Å². The van der Waals surface area contributed by atoms with Crippen molar-refractivity contribution in [2.75, 3.05) is 13.1 Å². The smallest absolute Gasteiger partial charge is 0.219 e. The molecule has 4 heteroatoms. The summed E-state index contributed by atoms with van der Waals surface area (Å²) in [6.45, 7) is 3.87. The molecule has 0 aromatic rings. The van der Waals surface area contributed by atoms with E-state index in [1.165, 1.54) is 6.42 Å². The van der Waals surface area contributed by atoms with Gasteiger partial charge in [0.1, 0.15) is 0 Å². The Kier molecular flexibility index (Phi) is 5.01. The summed E-state index contributed by atoms with van der Waals surface area (Å²) in [5.74, 6) is 0.144. The first-order chi connectivity index (χ1) is 8.70. The van der Waals surface area contributed by atoms with E-state index in [0.717, 1.165) is 45.2 Å². The molecule has 1 heterocycles. The number of aliphatic hydroxyl groups excluding tert-OH is 1. The van der Waals surface area contributed by atoms with Gasteiger partial charge in [0.2, 0.25) is 5.91 Å². The number of nitrogens with one attached hydrogen (secondary N) is 1. The molecule has 0 bridgehead atoms. The largest absolute Gasteiger partial charge is 0.391 e. The molecule has 2 fully saturated rings. The minimum Gasteiger partial charge on any atom is -0.391 e. The van der Waals surface area contributed by atoms with Crippen LogP contribution in [0.4, 0.5) is 0 Å². The van der Waals surface area contributed by atoms with Crippen LogP contribution in [0.3, 0.4) is 0 Å². The number of carbonyl (C=O) groups is 1. The molecular formula is C14H26N2O2. The van der Waals surface area contributed by atoms with Crippen LogP contribution in [0.5, 0.6) is 0 Å². The normalized spacial score (nSPS) is 34.2. The zero-order valence-electron chi connectivity index (χ0n) is 11.4. The van der Waals surface area contributed by atoms with Crippen LogP contribution in [-0.2, 0) is 4.79 Å². The summed E-state index contributed by atoms with van der Waals surface area (Å²) in [6, 6.07) is 0.598. The van der Waals surface area contributed by atoms with Crippen LogP contribution in [0.15, 0.2) is 0 Å². The predicted molar refractivity (Wildman–Crippen MR) is 71.3 cm³/mol. The maximum absolute atomic E-state index is 11.4. The van der Waals surface area contributed by atoms with E-state index in [0.29, 0.717) is 12.5 Å². The van der Waals surface area contributed by atoms with E-state index in [2.05, 4.69) is 10.2 Å². The standard InChI is InChI=1S/C14H26N2O2/c1-2-14(18)15-11-6-5-9-16(10-11)12-7-3-4-8-13(12)17/h11-13,17H,2-10H2,1H3,(H,15,18). The highest BCUT2D eigenvalue weighted by Crippen LogP contribution is 2.25. The number of likely N-dealkylation sites (tertiary alicyclic amines) is 1. The number of hydrogen-bond acceptors (Lipinski definition) is 3. The van der Waals surface area contributed by atoms with Crippen molar-refractivity contribution in [1.29, 1.82) is 0 Å². The number of piperidine rings is 1. The Morgan fingerprint density at radius 1 is 1.28 bits per heavy atom. The Hall–Kier alpha value is -0.610. The topological polar surface area (TPSA) is 52.6 Å². The second-order valence-electron chi connectivity index (χ2n) is 5.67. The number of hydrogen-bond donors (Lipinski definition) is 2. The first kappa shape index (κ1) is 13.8. The monoisotopic (exact) mass is 254 g/mol. The summed E-state index contributed by atoms with van der Waals surface area (Å²) in [4.78, 5) is 13.8. The van der Waals surface area contributed by atoms with E-state index in [4.69, 9.17) is 0 Å². The molecule has 4 nitrogen and oxygen atoms in total. The molecule has 0 aromatic heterocycles. The number of nitrogens with zero attached hydrogens (tertiary/aromatic N) is 1. The van der Waals surface area contributed by atoms with E-state index in [1.807, 2.05) is 6.92 Å². The van der Waals surface area contributed by atoms with Crippen molar-refractivity contribution in [3.63, 3.8) is 0 Å². The Morgan fingerprint density at radius 2 is 2.06 bits per heavy atom. The summed E-state index contributed by atoms with van der Waals surface area (Å²) < 4.78 is 0. The third kappa shape index (κ3) is 3.45. The van der Waals surface area contributed by atoms with Crippen molar-refractivity contribution >= 4 is 5.91 Å². The van der Waals surface area contributed by atoms with Crippen molar-refractivity contribution < 1.29 is 9.90 Å². The fourth-order valence-corrected chi connectivity index (χ4v) is 3.27. The molecule has 2 N–H and O–H groups in total. The van der Waals surface area contributed by atoms with Crippen LogP contribution in [-0.4, -0.2) is 47.2 Å². The van der Waals surface area contributed by atoms with Crippen LogP contribution < -0.4 is 5.32 Å². The van der Waals surface area contributed by atoms with Gasteiger partial charge in [0.15, 0.2) is 0 Å². The van der Waals surface area contributed by atoms with E-state index in [-0.39, 0.29) is 18.1 Å². The van der Waals surface area contributed by atoms with E-state index in [9.17, 15) is 9.90 Å². The summed E-state index contributed by atoms with van der Waals surface area (Å²) in [7, 11) is 0. The lowest BCUT2D eigenvalue weighted by Gasteiger charge is -2.42. The lowest BCUT2D eigenvalue weighted by atomic mass is 9.89. The molecule has 1 amide bonds. The van der Waals surface area contributed by atoms with Gasteiger partial charge in [0.25, 0.3) is 0 Å². The molecule has 1 aliphatic carbocycles. The zero-order valence-corrected chi connectivity index (χ0v) is 11.4. The molecule has 1 saturated heterocycles. The highest BCUT2D eigenvalue weighted by molar-refractivity contribution is 5.75. The van der Waals surface area contributed by atoms with E-state index in [1.54, 1.807) is 0 Å². The van der Waals surface area contributed by atoms with Crippen LogP contribution in [0, 0.1) is 0 Å². The second kappa shape index (κ2) is 6.53. The van der Waals surface area contributed by atoms with Crippen molar-refractivity contribution in [3.05, 3.63) is 0 Å². The van der Waals surface area contributed by atoms with Crippen LogP contribution in [0.2, 0.25) is 0 Å². The molecular weight excluding hydrogens is 228 g/mol. The molecule has 3 unspecified atom stereocenters.